The Morgan fingerprint density at radius 2 is 1.71 bits per heavy atom. The largest absolute Gasteiger partial charge is 0.516 e. The van der Waals surface area contributed by atoms with Gasteiger partial charge in [0.1, 0.15) is 24.2 Å². The van der Waals surface area contributed by atoms with Gasteiger partial charge in [0.2, 0.25) is 0 Å². The van der Waals surface area contributed by atoms with E-state index < -0.39 is 27.6 Å². The highest BCUT2D eigenvalue weighted by atomic mass is 32.2. The number of fused-ring (bicyclic) bond motifs is 1. The summed E-state index contributed by atoms with van der Waals surface area (Å²) >= 11 is 0. The zero-order valence-electron chi connectivity index (χ0n) is 22.3. The number of rotatable bonds is 14. The molecule has 0 aliphatic heterocycles. The van der Waals surface area contributed by atoms with E-state index in [1.165, 1.54) is 22.9 Å². The number of aliphatic hydroxyl groups excluding tert-OH is 1. The van der Waals surface area contributed by atoms with Gasteiger partial charge in [-0.1, -0.05) is 48.5 Å². The molecule has 4 N–H and O–H groups in total. The normalized spacial score (nSPS) is 12.8. The third kappa shape index (κ3) is 7.60. The Labute approximate surface area is 240 Å². The van der Waals surface area contributed by atoms with Gasteiger partial charge in [-0.2, -0.15) is 21.6 Å². The van der Waals surface area contributed by atoms with E-state index in [4.69, 9.17) is 4.74 Å². The van der Waals surface area contributed by atoms with Crippen LogP contribution < -0.4 is 14.8 Å². The van der Waals surface area contributed by atoms with Crippen molar-refractivity contribution >= 4 is 32.6 Å². The molecule has 0 amide bonds. The van der Waals surface area contributed by atoms with Crippen LogP contribution in [0.3, 0.4) is 0 Å². The zero-order valence-corrected chi connectivity index (χ0v) is 23.2. The predicted molar refractivity (Wildman–Crippen MR) is 152 cm³/mol. The minimum atomic E-state index is -5.61. The number of carboxylic acids is 1. The van der Waals surface area contributed by atoms with Crippen molar-refractivity contribution in [3.05, 3.63) is 95.7 Å². The summed E-state index contributed by atoms with van der Waals surface area (Å²) in [5.74, 6) is -0.514. The molecule has 0 aliphatic carbocycles. The Balaban J connectivity index is 1.45. The summed E-state index contributed by atoms with van der Waals surface area (Å²) in [4.78, 5) is 12.4. The number of alkyl halides is 3. The van der Waals surface area contributed by atoms with Crippen molar-refractivity contribution in [1.82, 2.24) is 9.88 Å². The molecule has 4 aromatic rings. The molecule has 0 radical (unpaired) electrons. The van der Waals surface area contributed by atoms with Crippen molar-refractivity contribution in [2.45, 2.75) is 31.0 Å². The summed E-state index contributed by atoms with van der Waals surface area (Å²) in [5.41, 5.74) is -4.11. The molecule has 1 atom stereocenters. The molecule has 0 saturated carbocycles. The lowest BCUT2D eigenvalue weighted by Gasteiger charge is -2.14. The summed E-state index contributed by atoms with van der Waals surface area (Å²) in [6.45, 7) is 0.888. The minimum absolute atomic E-state index is 0.0183. The maximum Gasteiger partial charge on any atom is 0.516 e. The van der Waals surface area contributed by atoms with Gasteiger partial charge in [0.15, 0.2) is 0 Å². The average Bonchev–Trinajstić information content (AvgIpc) is 3.25. The number of nitrogens with zero attached hydrogens (tertiary/aromatic N) is 1. The fraction of sp³-hybridized carbons (Fsp3) is 0.276. The third-order valence-electron chi connectivity index (χ3n) is 6.45. The molecule has 0 saturated heterocycles. The van der Waals surface area contributed by atoms with E-state index in [1.54, 1.807) is 47.0 Å². The number of aromatic nitrogens is 1. The van der Waals surface area contributed by atoms with Gasteiger partial charge in [0.25, 0.3) is 0 Å². The molecular formula is C29H30F3N3O6S. The van der Waals surface area contributed by atoms with Gasteiger partial charge in [-0.3, -0.25) is 4.72 Å². The molecule has 0 aliphatic rings. The van der Waals surface area contributed by atoms with Crippen LogP contribution in [0.4, 0.5) is 18.9 Å². The molecule has 0 spiro atoms. The van der Waals surface area contributed by atoms with Crippen molar-refractivity contribution in [3.8, 4) is 5.75 Å². The molecular weight excluding hydrogens is 575 g/mol. The topological polar surface area (TPSA) is 130 Å². The molecule has 4 rings (SSSR count). The Morgan fingerprint density at radius 3 is 2.43 bits per heavy atom. The van der Waals surface area contributed by atoms with Crippen LogP contribution in [-0.2, 0) is 23.0 Å². The molecule has 13 heteroatoms. The second-order valence-electron chi connectivity index (χ2n) is 9.57. The highest BCUT2D eigenvalue weighted by Crippen LogP contribution is 2.30. The lowest BCUT2D eigenvalue weighted by atomic mass is 10.1. The second-order valence-corrected chi connectivity index (χ2v) is 11.2. The van der Waals surface area contributed by atoms with Crippen LogP contribution in [0, 0.1) is 0 Å². The average molecular weight is 606 g/mol. The van der Waals surface area contributed by atoms with Crippen LogP contribution in [0.15, 0.2) is 78.9 Å². The summed E-state index contributed by atoms with van der Waals surface area (Å²) in [6, 6.07) is 21.6. The van der Waals surface area contributed by atoms with Crippen molar-refractivity contribution < 1.29 is 41.3 Å². The number of hydrogen-bond donors (Lipinski definition) is 4. The maximum absolute atomic E-state index is 12.8. The Bertz CT molecular complexity index is 1620. The number of sulfonamides is 1. The van der Waals surface area contributed by atoms with Gasteiger partial charge in [0, 0.05) is 29.7 Å². The first-order valence-electron chi connectivity index (χ1n) is 13.0. The Kier molecular flexibility index (Phi) is 9.76. The number of halogens is 3. The van der Waals surface area contributed by atoms with E-state index in [0.29, 0.717) is 41.8 Å². The van der Waals surface area contributed by atoms with Crippen LogP contribution in [0.2, 0.25) is 0 Å². The Morgan fingerprint density at radius 1 is 1.00 bits per heavy atom. The number of carboxylic acid groups (broad SMARTS) is 1. The summed E-state index contributed by atoms with van der Waals surface area (Å²) in [7, 11) is -5.61. The lowest BCUT2D eigenvalue weighted by molar-refractivity contribution is -0.0429. The SMILES string of the molecule is O=C(O)c1c(CCCNCC(O)COc2ccccc2)c2ccccc2n1Cc1cccc(NS(=O)(=O)C(F)(F)F)c1. The van der Waals surface area contributed by atoms with Crippen LogP contribution in [0.25, 0.3) is 10.9 Å². The highest BCUT2D eigenvalue weighted by Gasteiger charge is 2.46. The van der Waals surface area contributed by atoms with Crippen LogP contribution in [0.5, 0.6) is 5.75 Å². The van der Waals surface area contributed by atoms with Gasteiger partial charge in [0.05, 0.1) is 0 Å². The molecule has 9 nitrogen and oxygen atoms in total. The van der Waals surface area contributed by atoms with Crippen molar-refractivity contribution in [2.24, 2.45) is 0 Å². The number of anilines is 1. The van der Waals surface area contributed by atoms with E-state index in [9.17, 15) is 36.6 Å². The molecule has 1 aromatic heterocycles. The standard InChI is InChI=1S/C29H30F3N3O6S/c30-29(31,32)42(39,40)34-21-9-6-8-20(16-21)18-35-26-14-5-4-12-24(26)25(27(35)28(37)38)13-7-15-33-17-22(36)19-41-23-10-2-1-3-11-23/h1-6,8-12,14,16,22,33-34,36H,7,13,15,17-19H2,(H,37,38). The molecule has 42 heavy (non-hydrogen) atoms. The zero-order chi connectivity index (χ0) is 30.3. The number of carbonyl (C=O) groups is 1. The first kappa shape index (κ1) is 30.9. The van der Waals surface area contributed by atoms with Gasteiger partial charge < -0.3 is 24.8 Å². The number of ether oxygens (including phenoxy) is 1. The predicted octanol–water partition coefficient (Wildman–Crippen LogP) is 4.61. The molecule has 0 fully saturated rings. The number of nitrogens with one attached hydrogen (secondary N) is 2. The van der Waals surface area contributed by atoms with Crippen LogP contribution >= 0.6 is 0 Å². The van der Waals surface area contributed by atoms with Crippen LogP contribution in [-0.4, -0.2) is 60.5 Å². The summed E-state index contributed by atoms with van der Waals surface area (Å²) in [5, 5.41) is 24.2. The first-order chi connectivity index (χ1) is 20.0. The first-order valence-corrected chi connectivity index (χ1v) is 14.5. The van der Waals surface area contributed by atoms with Crippen molar-refractivity contribution in [3.63, 3.8) is 0 Å². The number of para-hydroxylation sites is 2. The van der Waals surface area contributed by atoms with E-state index in [0.717, 1.165) is 5.39 Å². The van der Waals surface area contributed by atoms with E-state index in [-0.39, 0.29) is 31.1 Å². The van der Waals surface area contributed by atoms with Gasteiger partial charge in [-0.15, -0.1) is 0 Å². The maximum atomic E-state index is 12.8. The van der Waals surface area contributed by atoms with Gasteiger partial charge in [-0.25, -0.2) is 4.79 Å². The molecule has 3 aromatic carbocycles. The highest BCUT2D eigenvalue weighted by molar-refractivity contribution is 7.93. The number of hydrogen-bond acceptors (Lipinski definition) is 6. The lowest BCUT2D eigenvalue weighted by Crippen LogP contribution is -2.32. The van der Waals surface area contributed by atoms with Crippen LogP contribution in [0.1, 0.15) is 28.0 Å². The second kappa shape index (κ2) is 13.3. The number of benzene rings is 3. The Hall–Kier alpha value is -4.07. The molecule has 1 heterocycles. The number of aliphatic hydroxyl groups is 1. The van der Waals surface area contributed by atoms with Gasteiger partial charge >= 0.3 is 21.5 Å². The summed E-state index contributed by atoms with van der Waals surface area (Å²) in [6.07, 6.45) is 0.234. The van der Waals surface area contributed by atoms with E-state index in [2.05, 4.69) is 5.32 Å². The van der Waals surface area contributed by atoms with Crippen molar-refractivity contribution in [2.75, 3.05) is 24.4 Å². The fourth-order valence-electron chi connectivity index (χ4n) is 4.59. The van der Waals surface area contributed by atoms with E-state index >= 15 is 0 Å². The summed E-state index contributed by atoms with van der Waals surface area (Å²) < 4.78 is 70.2. The quantitative estimate of drug-likeness (QED) is 0.155. The molecule has 1 unspecified atom stereocenters. The number of aryl methyl sites for hydroxylation is 1. The smallest absolute Gasteiger partial charge is 0.491 e. The molecule has 0 bridgehead atoms. The number of aromatic carboxylic acids is 1. The van der Waals surface area contributed by atoms with E-state index in [1.807, 2.05) is 18.2 Å². The van der Waals surface area contributed by atoms with Gasteiger partial charge in [-0.05, 0) is 60.8 Å². The fourth-order valence-corrected chi connectivity index (χ4v) is 5.15. The minimum Gasteiger partial charge on any atom is -0.491 e. The monoisotopic (exact) mass is 605 g/mol. The van der Waals surface area contributed by atoms with Crippen molar-refractivity contribution in [1.29, 1.82) is 0 Å². The third-order valence-corrected chi connectivity index (χ3v) is 7.56. The molecule has 224 valence electrons.